The van der Waals surface area contributed by atoms with Crippen LogP contribution in [0.2, 0.25) is 0 Å². The van der Waals surface area contributed by atoms with Crippen molar-refractivity contribution in [2.24, 2.45) is 0 Å². The second-order valence-electron chi connectivity index (χ2n) is 3.77. The van der Waals surface area contributed by atoms with Crippen molar-refractivity contribution < 1.29 is 22.8 Å². The SMILES string of the molecule is O=C(S)SC(CC(Cl)C(F)(F)F)N1CCCC1=O. The van der Waals surface area contributed by atoms with Crippen molar-refractivity contribution in [1.29, 1.82) is 0 Å². The van der Waals surface area contributed by atoms with E-state index in [0.29, 0.717) is 24.7 Å². The Balaban J connectivity index is 2.72. The Morgan fingerprint density at radius 2 is 2.17 bits per heavy atom. The number of hydrogen-bond donors (Lipinski definition) is 1. The number of nitrogens with zero attached hydrogens (tertiary/aromatic N) is 1. The molecular formula is C9H11ClF3NO2S2. The van der Waals surface area contributed by atoms with Crippen molar-refractivity contribution in [1.82, 2.24) is 4.90 Å². The molecule has 1 aliphatic heterocycles. The van der Waals surface area contributed by atoms with Crippen molar-refractivity contribution in [3.05, 3.63) is 0 Å². The molecule has 3 nitrogen and oxygen atoms in total. The van der Waals surface area contributed by atoms with Crippen LogP contribution in [-0.4, -0.2) is 38.7 Å². The van der Waals surface area contributed by atoms with Gasteiger partial charge in [-0.15, -0.1) is 11.6 Å². The van der Waals surface area contributed by atoms with E-state index in [-0.39, 0.29) is 12.3 Å². The van der Waals surface area contributed by atoms with Crippen LogP contribution in [0.15, 0.2) is 0 Å². The largest absolute Gasteiger partial charge is 0.405 e. The number of thioether (sulfide) groups is 1. The molecule has 0 aromatic heterocycles. The normalized spacial score (nSPS) is 20.1. The Labute approximate surface area is 117 Å². The van der Waals surface area contributed by atoms with Gasteiger partial charge >= 0.3 is 6.18 Å². The van der Waals surface area contributed by atoms with E-state index in [4.69, 9.17) is 11.6 Å². The van der Waals surface area contributed by atoms with E-state index in [2.05, 4.69) is 12.6 Å². The zero-order chi connectivity index (χ0) is 13.9. The summed E-state index contributed by atoms with van der Waals surface area (Å²) in [4.78, 5) is 23.7. The fourth-order valence-corrected chi connectivity index (χ4v) is 3.15. The van der Waals surface area contributed by atoms with Crippen LogP contribution < -0.4 is 0 Å². The fourth-order valence-electron chi connectivity index (χ4n) is 1.64. The van der Waals surface area contributed by atoms with Crippen LogP contribution in [0.4, 0.5) is 18.0 Å². The van der Waals surface area contributed by atoms with Gasteiger partial charge in [-0.05, 0) is 6.42 Å². The third-order valence-corrected chi connectivity index (χ3v) is 4.12. The minimum Gasteiger partial charge on any atom is -0.330 e. The lowest BCUT2D eigenvalue weighted by molar-refractivity contribution is -0.137. The number of carbonyl (C=O) groups is 2. The molecule has 0 bridgehead atoms. The molecule has 0 aromatic carbocycles. The Morgan fingerprint density at radius 3 is 2.56 bits per heavy atom. The number of carbonyl (C=O) groups excluding carboxylic acids is 2. The van der Waals surface area contributed by atoms with E-state index >= 15 is 0 Å². The molecule has 1 saturated heterocycles. The average Bonchev–Trinajstić information content (AvgIpc) is 2.61. The number of amides is 1. The van der Waals surface area contributed by atoms with E-state index in [0.717, 1.165) is 0 Å². The first-order valence-corrected chi connectivity index (χ1v) is 6.88. The van der Waals surface area contributed by atoms with E-state index in [1.807, 2.05) is 0 Å². The van der Waals surface area contributed by atoms with Crippen LogP contribution in [0.1, 0.15) is 19.3 Å². The molecule has 1 heterocycles. The number of likely N-dealkylation sites (tertiary alicyclic amines) is 1. The fraction of sp³-hybridized carbons (Fsp3) is 0.778. The maximum atomic E-state index is 12.4. The second kappa shape index (κ2) is 6.38. The van der Waals surface area contributed by atoms with Gasteiger partial charge in [0.15, 0.2) is 0 Å². The zero-order valence-electron chi connectivity index (χ0n) is 9.11. The number of rotatable bonds is 4. The molecule has 1 aliphatic rings. The highest BCUT2D eigenvalue weighted by Crippen LogP contribution is 2.34. The molecule has 104 valence electrons. The molecule has 0 spiro atoms. The van der Waals surface area contributed by atoms with Crippen molar-refractivity contribution in [3.8, 4) is 0 Å². The van der Waals surface area contributed by atoms with Gasteiger partial charge in [0.05, 0.1) is 5.37 Å². The van der Waals surface area contributed by atoms with Gasteiger partial charge in [0, 0.05) is 19.4 Å². The monoisotopic (exact) mass is 321 g/mol. The molecule has 0 N–H and O–H groups in total. The molecule has 1 fully saturated rings. The Kier molecular flexibility index (Phi) is 5.67. The maximum Gasteiger partial charge on any atom is 0.405 e. The quantitative estimate of drug-likeness (QED) is 0.638. The first-order chi connectivity index (χ1) is 8.21. The lowest BCUT2D eigenvalue weighted by Crippen LogP contribution is -2.39. The molecule has 2 atom stereocenters. The average molecular weight is 322 g/mol. The summed E-state index contributed by atoms with van der Waals surface area (Å²) in [6.45, 7) is 0.346. The van der Waals surface area contributed by atoms with Gasteiger partial charge in [0.25, 0.3) is 0 Å². The van der Waals surface area contributed by atoms with Gasteiger partial charge in [-0.3, -0.25) is 9.59 Å². The number of thiol groups is 1. The van der Waals surface area contributed by atoms with E-state index in [1.54, 1.807) is 0 Å². The van der Waals surface area contributed by atoms with E-state index in [1.165, 1.54) is 4.90 Å². The smallest absolute Gasteiger partial charge is 0.330 e. The minimum absolute atomic E-state index is 0.256. The molecule has 18 heavy (non-hydrogen) atoms. The van der Waals surface area contributed by atoms with Crippen LogP contribution in [-0.2, 0) is 4.79 Å². The molecule has 1 amide bonds. The van der Waals surface area contributed by atoms with E-state index < -0.39 is 27.8 Å². The van der Waals surface area contributed by atoms with E-state index in [9.17, 15) is 22.8 Å². The summed E-state index contributed by atoms with van der Waals surface area (Å²) in [5, 5.41) is -3.00. The van der Waals surface area contributed by atoms with Gasteiger partial charge in [-0.25, -0.2) is 0 Å². The standard InChI is InChI=1S/C9H11ClF3NO2S2/c10-5(9(11,12)13)4-7(18-8(16)17)14-3-1-2-6(14)15/h5,7H,1-4H2,(H,16,17). The van der Waals surface area contributed by atoms with Gasteiger partial charge < -0.3 is 4.90 Å². The van der Waals surface area contributed by atoms with Gasteiger partial charge in [-0.1, -0.05) is 24.4 Å². The first kappa shape index (κ1) is 16.0. The Morgan fingerprint density at radius 1 is 1.56 bits per heavy atom. The van der Waals surface area contributed by atoms with Gasteiger partial charge in [0.2, 0.25) is 10.4 Å². The number of hydrogen-bond acceptors (Lipinski definition) is 3. The number of alkyl halides is 4. The highest BCUT2D eigenvalue weighted by Gasteiger charge is 2.42. The Bertz CT molecular complexity index is 340. The minimum atomic E-state index is -4.55. The topological polar surface area (TPSA) is 37.4 Å². The predicted octanol–water partition coefficient (Wildman–Crippen LogP) is 3.28. The molecule has 0 aliphatic carbocycles. The molecule has 0 radical (unpaired) electrons. The molecular weight excluding hydrogens is 311 g/mol. The van der Waals surface area contributed by atoms with Crippen LogP contribution in [0.5, 0.6) is 0 Å². The summed E-state index contributed by atoms with van der Waals surface area (Å²) in [6, 6.07) is 0. The molecule has 0 saturated carbocycles. The third kappa shape index (κ3) is 4.55. The van der Waals surface area contributed by atoms with Gasteiger partial charge in [0.1, 0.15) is 5.38 Å². The summed E-state index contributed by atoms with van der Waals surface area (Å²) in [5.41, 5.74) is 0. The zero-order valence-corrected chi connectivity index (χ0v) is 11.6. The van der Waals surface area contributed by atoms with Crippen LogP contribution in [0, 0.1) is 0 Å². The lowest BCUT2D eigenvalue weighted by Gasteiger charge is -2.28. The summed E-state index contributed by atoms with van der Waals surface area (Å²) < 4.78 is 36.5. The highest BCUT2D eigenvalue weighted by molar-refractivity contribution is 8.32. The molecule has 2 unspecified atom stereocenters. The van der Waals surface area contributed by atoms with Crippen molar-refractivity contribution in [3.63, 3.8) is 0 Å². The second-order valence-corrected chi connectivity index (χ2v) is 6.16. The Hall–Kier alpha value is -0.0800. The van der Waals surface area contributed by atoms with Crippen LogP contribution >= 0.6 is 36.0 Å². The van der Waals surface area contributed by atoms with Gasteiger partial charge in [-0.2, -0.15) is 13.2 Å². The summed E-state index contributed by atoms with van der Waals surface area (Å²) in [7, 11) is 0. The summed E-state index contributed by atoms with van der Waals surface area (Å²) in [5.74, 6) is -0.256. The number of halogens is 4. The first-order valence-electron chi connectivity index (χ1n) is 5.11. The molecule has 9 heteroatoms. The lowest BCUT2D eigenvalue weighted by atomic mass is 10.2. The van der Waals surface area contributed by atoms with Crippen LogP contribution in [0.3, 0.4) is 0 Å². The van der Waals surface area contributed by atoms with Crippen molar-refractivity contribution in [2.45, 2.75) is 36.2 Å². The molecule has 1 rings (SSSR count). The molecule has 0 aromatic rings. The summed E-state index contributed by atoms with van der Waals surface area (Å²) >= 11 is 9.36. The maximum absolute atomic E-state index is 12.4. The van der Waals surface area contributed by atoms with Crippen molar-refractivity contribution >= 4 is 46.3 Å². The van der Waals surface area contributed by atoms with Crippen LogP contribution in [0.25, 0.3) is 0 Å². The predicted molar refractivity (Wildman–Crippen MR) is 67.0 cm³/mol. The van der Waals surface area contributed by atoms with Crippen molar-refractivity contribution in [2.75, 3.05) is 6.54 Å². The highest BCUT2D eigenvalue weighted by atomic mass is 35.5. The third-order valence-electron chi connectivity index (χ3n) is 2.46. The summed E-state index contributed by atoms with van der Waals surface area (Å²) in [6.07, 6.45) is -4.21.